The van der Waals surface area contributed by atoms with Gasteiger partial charge < -0.3 is 24.8 Å². The summed E-state index contributed by atoms with van der Waals surface area (Å²) in [5, 5.41) is 0.151. The molecule has 2 aromatic heterocycles. The van der Waals surface area contributed by atoms with Gasteiger partial charge in [0.15, 0.2) is 10.8 Å². The van der Waals surface area contributed by atoms with E-state index < -0.39 is 20.0 Å². The van der Waals surface area contributed by atoms with Gasteiger partial charge in [0.2, 0.25) is 5.95 Å². The highest BCUT2D eigenvalue weighted by Gasteiger charge is 2.18. The van der Waals surface area contributed by atoms with Crippen LogP contribution in [0, 0.1) is 0 Å². The van der Waals surface area contributed by atoms with E-state index in [1.165, 1.54) is 6.33 Å². The number of ether oxygens (including phenoxy) is 1. The van der Waals surface area contributed by atoms with E-state index in [1.807, 2.05) is 0 Å². The van der Waals surface area contributed by atoms with Crippen LogP contribution in [0.4, 0.5) is 5.95 Å². The monoisotopic (exact) mass is 347 g/mol. The number of nitrogen functional groups attached to an aromatic ring is 1. The fraction of sp³-hybridized carbons (Fsp3) is 0.364. The van der Waals surface area contributed by atoms with Gasteiger partial charge in [-0.1, -0.05) is 18.2 Å². The van der Waals surface area contributed by atoms with Gasteiger partial charge in [0.05, 0.1) is 12.4 Å². The number of halogens is 1. The highest BCUT2D eigenvalue weighted by Crippen LogP contribution is 2.34. The third kappa shape index (κ3) is 4.02. The summed E-state index contributed by atoms with van der Waals surface area (Å²) >= 11 is 5.93. The summed E-state index contributed by atoms with van der Waals surface area (Å²) in [6.45, 7) is 5.78. The Hall–Kier alpha value is -1.51. The van der Waals surface area contributed by atoms with Gasteiger partial charge in [-0.25, -0.2) is 4.98 Å². The van der Waals surface area contributed by atoms with Crippen molar-refractivity contribution >= 4 is 36.3 Å². The molecule has 0 bridgehead atoms. The number of hydrogen-bond donors (Lipinski definition) is 3. The van der Waals surface area contributed by atoms with Gasteiger partial charge in [-0.05, 0) is 12.5 Å². The molecule has 0 radical (unpaired) electrons. The number of fused-ring (bicyclic) bond motifs is 1. The zero-order chi connectivity index (χ0) is 16.5. The molecule has 1 atom stereocenters. The Bertz CT molecular complexity index is 758. The summed E-state index contributed by atoms with van der Waals surface area (Å²) in [7, 11) is -4.22. The molecule has 2 heterocycles. The third-order valence-corrected chi connectivity index (χ3v) is 3.63. The number of imidazole rings is 1. The van der Waals surface area contributed by atoms with Crippen LogP contribution < -0.4 is 5.73 Å². The van der Waals surface area contributed by atoms with Crippen molar-refractivity contribution in [3.05, 3.63) is 23.6 Å². The van der Waals surface area contributed by atoms with Gasteiger partial charge in [0.1, 0.15) is 11.9 Å². The van der Waals surface area contributed by atoms with E-state index in [1.54, 1.807) is 11.5 Å². The minimum absolute atomic E-state index is 0.0238. The third-order valence-electron chi connectivity index (χ3n) is 2.88. The second kappa shape index (κ2) is 6.31. The van der Waals surface area contributed by atoms with Crippen LogP contribution in [0.5, 0.6) is 0 Å². The quantitative estimate of drug-likeness (QED) is 0.402. The van der Waals surface area contributed by atoms with Crippen molar-refractivity contribution in [2.24, 2.45) is 0 Å². The molecule has 2 rings (SSSR count). The Kier molecular flexibility index (Phi) is 4.84. The largest absolute Gasteiger partial charge is 0.368 e. The summed E-state index contributed by atoms with van der Waals surface area (Å²) in [5.74, 6) is 0.0238. The van der Waals surface area contributed by atoms with Crippen molar-refractivity contribution in [2.75, 3.05) is 12.1 Å². The highest BCUT2D eigenvalue weighted by atomic mass is 35.5. The maximum Gasteiger partial charge on any atom is 0.351 e. The summed E-state index contributed by atoms with van der Waals surface area (Å²) in [6.07, 6.45) is 0.282. The molecular weight excluding hydrogens is 333 g/mol. The number of nitrogens with two attached hydrogens (primary N) is 1. The first-order valence-corrected chi connectivity index (χ1v) is 8.32. The van der Waals surface area contributed by atoms with E-state index in [-0.39, 0.29) is 17.6 Å². The van der Waals surface area contributed by atoms with E-state index in [4.69, 9.17) is 31.9 Å². The van der Waals surface area contributed by atoms with Crippen LogP contribution in [0.3, 0.4) is 0 Å². The van der Waals surface area contributed by atoms with Gasteiger partial charge in [0, 0.05) is 6.54 Å². The van der Waals surface area contributed by atoms with Crippen molar-refractivity contribution < 1.29 is 19.1 Å². The van der Waals surface area contributed by atoms with E-state index in [9.17, 15) is 4.57 Å². The normalized spacial score (nSPS) is 13.5. The van der Waals surface area contributed by atoms with Crippen molar-refractivity contribution in [1.29, 1.82) is 0 Å². The minimum atomic E-state index is -4.22. The zero-order valence-corrected chi connectivity index (χ0v) is 13.3. The van der Waals surface area contributed by atoms with Gasteiger partial charge in [-0.3, -0.25) is 4.57 Å². The van der Waals surface area contributed by atoms with Crippen molar-refractivity contribution in [3.8, 4) is 0 Å². The molecule has 0 spiro atoms. The lowest BCUT2D eigenvalue weighted by molar-refractivity contribution is 0.110. The molecule has 22 heavy (non-hydrogen) atoms. The molecule has 4 N–H and O–H groups in total. The Balaban J connectivity index is 2.13. The van der Waals surface area contributed by atoms with E-state index in [0.29, 0.717) is 16.7 Å². The maximum absolute atomic E-state index is 10.8. The van der Waals surface area contributed by atoms with E-state index in [2.05, 4.69) is 21.5 Å². The number of aromatic nitrogens is 4. The Morgan fingerprint density at radius 1 is 1.59 bits per heavy atom. The molecule has 0 aromatic carbocycles. The molecule has 11 heteroatoms. The first kappa shape index (κ1) is 16.9. The van der Waals surface area contributed by atoms with Crippen LogP contribution in [-0.2, 0) is 15.8 Å². The van der Waals surface area contributed by atoms with Crippen molar-refractivity contribution in [3.63, 3.8) is 0 Å². The zero-order valence-electron chi connectivity index (χ0n) is 11.7. The second-order valence-corrected chi connectivity index (χ2v) is 6.62. The standard InChI is InChI=1S/C11H15ClN5O4P/c1-6(7(2)21-5-22(18,19)20)3-17-4-14-8-9(12)15-11(13)16-10(8)17/h4,7H,1,3,5H2,2H3,(H2,13,15,16)(H2,18,19,20)/t7-/m0/s1. The molecule has 0 unspecified atom stereocenters. The molecule has 0 fully saturated rings. The Labute approximate surface area is 130 Å². The molecule has 0 aliphatic carbocycles. The van der Waals surface area contributed by atoms with Gasteiger partial charge in [0.25, 0.3) is 0 Å². The first-order valence-electron chi connectivity index (χ1n) is 6.15. The lowest BCUT2D eigenvalue weighted by atomic mass is 10.2. The van der Waals surface area contributed by atoms with Crippen LogP contribution in [0.15, 0.2) is 18.5 Å². The topological polar surface area (TPSA) is 136 Å². The summed E-state index contributed by atoms with van der Waals surface area (Å²) in [4.78, 5) is 29.6. The van der Waals surface area contributed by atoms with Crippen LogP contribution in [0.1, 0.15) is 6.92 Å². The molecule has 0 saturated heterocycles. The lowest BCUT2D eigenvalue weighted by Gasteiger charge is -2.17. The first-order chi connectivity index (χ1) is 10.2. The highest BCUT2D eigenvalue weighted by molar-refractivity contribution is 7.51. The van der Waals surface area contributed by atoms with E-state index >= 15 is 0 Å². The summed E-state index contributed by atoms with van der Waals surface area (Å²) in [6, 6.07) is 0. The van der Waals surface area contributed by atoms with Gasteiger partial charge >= 0.3 is 7.60 Å². The lowest BCUT2D eigenvalue weighted by Crippen LogP contribution is -2.16. The van der Waals surface area contributed by atoms with Gasteiger partial charge in [-0.15, -0.1) is 0 Å². The number of anilines is 1. The number of nitrogens with zero attached hydrogens (tertiary/aromatic N) is 4. The predicted octanol–water partition coefficient (Wildman–Crippen LogP) is 1.16. The molecule has 0 saturated carbocycles. The smallest absolute Gasteiger partial charge is 0.351 e. The molecule has 120 valence electrons. The average molecular weight is 348 g/mol. The van der Waals surface area contributed by atoms with Crippen LogP contribution in [-0.4, -0.2) is 41.8 Å². The van der Waals surface area contributed by atoms with Crippen LogP contribution in [0.25, 0.3) is 11.2 Å². The molecule has 0 aliphatic rings. The predicted molar refractivity (Wildman–Crippen MR) is 81.3 cm³/mol. The fourth-order valence-corrected chi connectivity index (χ4v) is 2.35. The van der Waals surface area contributed by atoms with Crippen LogP contribution >= 0.6 is 19.2 Å². The maximum atomic E-state index is 10.8. The van der Waals surface area contributed by atoms with Crippen LogP contribution in [0.2, 0.25) is 5.15 Å². The Morgan fingerprint density at radius 2 is 2.27 bits per heavy atom. The molecule has 9 nitrogen and oxygen atoms in total. The fourth-order valence-electron chi connectivity index (χ4n) is 1.72. The van der Waals surface area contributed by atoms with Crippen molar-refractivity contribution in [2.45, 2.75) is 19.6 Å². The van der Waals surface area contributed by atoms with Crippen molar-refractivity contribution in [1.82, 2.24) is 19.5 Å². The molecule has 0 amide bonds. The van der Waals surface area contributed by atoms with E-state index in [0.717, 1.165) is 0 Å². The summed E-state index contributed by atoms with van der Waals surface area (Å²) < 4.78 is 17.6. The Morgan fingerprint density at radius 3 is 2.91 bits per heavy atom. The molecule has 2 aromatic rings. The second-order valence-electron chi connectivity index (χ2n) is 4.68. The molecule has 0 aliphatic heterocycles. The van der Waals surface area contributed by atoms with Gasteiger partial charge in [-0.2, -0.15) is 9.97 Å². The SMILES string of the molecule is C=C(Cn1cnc2c(Cl)nc(N)nc21)[C@H](C)OCP(=O)(O)O. The number of hydrogen-bond acceptors (Lipinski definition) is 6. The average Bonchev–Trinajstić information content (AvgIpc) is 2.78. The minimum Gasteiger partial charge on any atom is -0.368 e. The summed E-state index contributed by atoms with van der Waals surface area (Å²) in [5.41, 5.74) is 7.00. The molecular formula is C11H15ClN5O4P. The number of rotatable bonds is 6.